The monoisotopic (exact) mass is 728 g/mol. The van der Waals surface area contributed by atoms with Gasteiger partial charge in [0, 0.05) is 93.9 Å². The van der Waals surface area contributed by atoms with E-state index in [1.54, 1.807) is 19.5 Å². The van der Waals surface area contributed by atoms with E-state index in [0.29, 0.717) is 12.8 Å². The number of carbonyl (C=O) groups is 2. The molecule has 8 rings (SSSR count). The first-order chi connectivity index (χ1) is 26.9. The third kappa shape index (κ3) is 9.42. The maximum atomic E-state index is 12.5. The number of hydrogen-bond acceptors (Lipinski definition) is 7. The molecular weight excluding hydrogens is 681 g/mol. The number of pyridine rings is 2. The number of aromatic nitrogens is 2. The number of anilines is 2. The van der Waals surface area contributed by atoms with E-state index >= 15 is 0 Å². The number of aryl methyl sites for hydroxylation is 2. The summed E-state index contributed by atoms with van der Waals surface area (Å²) in [6.45, 7) is 3.81. The van der Waals surface area contributed by atoms with Crippen LogP contribution in [0.5, 0.6) is 0 Å². The third-order valence-corrected chi connectivity index (χ3v) is 10.7. The van der Waals surface area contributed by atoms with Crippen molar-refractivity contribution in [1.29, 1.82) is 0 Å². The summed E-state index contributed by atoms with van der Waals surface area (Å²) in [5.41, 5.74) is 13.9. The molecule has 0 saturated carbocycles. The van der Waals surface area contributed by atoms with Crippen molar-refractivity contribution in [3.8, 4) is 22.3 Å². The predicted molar refractivity (Wildman–Crippen MR) is 222 cm³/mol. The van der Waals surface area contributed by atoms with Crippen molar-refractivity contribution in [3.63, 3.8) is 0 Å². The maximum absolute atomic E-state index is 12.5. The van der Waals surface area contributed by atoms with Gasteiger partial charge in [0.05, 0.1) is 6.61 Å². The molecule has 55 heavy (non-hydrogen) atoms. The molecule has 0 atom stereocenters. The van der Waals surface area contributed by atoms with Gasteiger partial charge in [-0.25, -0.2) is 0 Å². The lowest BCUT2D eigenvalue weighted by Crippen LogP contribution is -2.24. The van der Waals surface area contributed by atoms with Gasteiger partial charge in [-0.05, 0) is 107 Å². The van der Waals surface area contributed by atoms with Crippen LogP contribution in [0, 0.1) is 0 Å². The number of ether oxygens (including phenoxy) is 1. The second kappa shape index (κ2) is 17.9. The molecule has 0 aliphatic carbocycles. The molecule has 278 valence electrons. The van der Waals surface area contributed by atoms with Gasteiger partial charge in [0.1, 0.15) is 0 Å². The van der Waals surface area contributed by atoms with Crippen LogP contribution >= 0.6 is 0 Å². The first-order valence-corrected chi connectivity index (χ1v) is 19.2. The van der Waals surface area contributed by atoms with Crippen LogP contribution in [0.3, 0.4) is 0 Å². The van der Waals surface area contributed by atoms with Crippen LogP contribution in [0.1, 0.15) is 55.8 Å². The molecule has 0 bridgehead atoms. The minimum atomic E-state index is 0.170. The number of fused-ring (bicyclic) bond motifs is 2. The molecule has 0 amide bonds. The Morgan fingerprint density at radius 2 is 1.11 bits per heavy atom. The molecule has 4 aromatic carbocycles. The summed E-state index contributed by atoms with van der Waals surface area (Å²) >= 11 is 0. The fraction of sp³-hybridized carbons (Fsp3) is 0.250. The first-order valence-electron chi connectivity index (χ1n) is 19.2. The lowest BCUT2D eigenvalue weighted by atomic mass is 9.98. The van der Waals surface area contributed by atoms with E-state index < -0.39 is 0 Å². The zero-order valence-electron chi connectivity index (χ0n) is 31.8. The molecule has 0 spiro atoms. The molecule has 0 N–H and O–H groups in total. The first kappa shape index (κ1) is 37.4. The van der Waals surface area contributed by atoms with Crippen LogP contribution < -0.4 is 9.80 Å². The van der Waals surface area contributed by atoms with Gasteiger partial charge in [-0.2, -0.15) is 0 Å². The van der Waals surface area contributed by atoms with E-state index in [1.165, 1.54) is 33.6 Å². The molecule has 4 heterocycles. The van der Waals surface area contributed by atoms with Gasteiger partial charge in [-0.3, -0.25) is 19.6 Å². The van der Waals surface area contributed by atoms with Gasteiger partial charge in [-0.1, -0.05) is 72.8 Å². The predicted octanol–water partition coefficient (Wildman–Crippen LogP) is 9.13. The van der Waals surface area contributed by atoms with Crippen LogP contribution in [0.2, 0.25) is 0 Å². The molecule has 0 radical (unpaired) electrons. The fourth-order valence-electron chi connectivity index (χ4n) is 7.42. The lowest BCUT2D eigenvalue weighted by molar-refractivity contribution is 0.0975. The second-order valence-electron chi connectivity index (χ2n) is 14.3. The molecule has 0 unspecified atom stereocenters. The van der Waals surface area contributed by atoms with Gasteiger partial charge in [-0.15, -0.1) is 0 Å². The Labute approximate surface area is 324 Å². The van der Waals surface area contributed by atoms with Gasteiger partial charge in [0.25, 0.3) is 0 Å². The molecule has 0 saturated heterocycles. The Morgan fingerprint density at radius 3 is 1.62 bits per heavy atom. The minimum absolute atomic E-state index is 0.170. The summed E-state index contributed by atoms with van der Waals surface area (Å²) in [6.07, 6.45) is 11.8. The van der Waals surface area contributed by atoms with Crippen molar-refractivity contribution < 1.29 is 14.3 Å². The molecule has 7 nitrogen and oxygen atoms in total. The highest BCUT2D eigenvalue weighted by atomic mass is 16.5. The van der Waals surface area contributed by atoms with Crippen LogP contribution in [0.15, 0.2) is 134 Å². The highest BCUT2D eigenvalue weighted by molar-refractivity contribution is 5.97. The number of carbonyl (C=O) groups excluding carboxylic acids is 2. The molecule has 6 aromatic rings. The van der Waals surface area contributed by atoms with E-state index in [4.69, 9.17) is 4.74 Å². The van der Waals surface area contributed by atoms with Crippen molar-refractivity contribution in [2.75, 3.05) is 50.2 Å². The summed E-state index contributed by atoms with van der Waals surface area (Å²) in [5, 5.41) is 0. The largest absolute Gasteiger partial charge is 0.383 e. The van der Waals surface area contributed by atoms with Gasteiger partial charge >= 0.3 is 0 Å². The Hall–Kier alpha value is -5.92. The van der Waals surface area contributed by atoms with Crippen molar-refractivity contribution in [2.24, 2.45) is 0 Å². The topological polar surface area (TPSA) is 75.6 Å². The minimum Gasteiger partial charge on any atom is -0.383 e. The summed E-state index contributed by atoms with van der Waals surface area (Å²) in [6, 6.07) is 37.1. The third-order valence-electron chi connectivity index (χ3n) is 10.7. The van der Waals surface area contributed by atoms with Gasteiger partial charge in [0.15, 0.2) is 11.6 Å². The van der Waals surface area contributed by atoms with E-state index in [2.05, 4.69) is 87.5 Å². The Balaban J connectivity index is 0.000000170. The zero-order chi connectivity index (χ0) is 38.0. The van der Waals surface area contributed by atoms with Crippen molar-refractivity contribution in [3.05, 3.63) is 167 Å². The summed E-state index contributed by atoms with van der Waals surface area (Å²) in [5.74, 6) is 0.346. The van der Waals surface area contributed by atoms with Crippen LogP contribution in [0.25, 0.3) is 22.3 Å². The smallest absolute Gasteiger partial charge is 0.163 e. The number of ketones is 2. The maximum Gasteiger partial charge on any atom is 0.163 e. The number of Topliss-reactive ketones (excluding diaryl/α,β-unsaturated/α-hetero) is 2. The second-order valence-corrected chi connectivity index (χ2v) is 14.3. The normalized spacial score (nSPS) is 12.8. The SMILES string of the molecule is CN1CCc2cc(-c3ccc(C(=O)CCc4cccnc4)cc3)ccc21.COCCN1CCc2cc(-c3ccc(C(=O)CCc4cccnc4)cc3)ccc21. The molecule has 2 aromatic heterocycles. The van der Waals surface area contributed by atoms with E-state index in [0.717, 1.165) is 85.3 Å². The summed E-state index contributed by atoms with van der Waals surface area (Å²) < 4.78 is 5.21. The highest BCUT2D eigenvalue weighted by Gasteiger charge is 2.20. The Kier molecular flexibility index (Phi) is 12.2. The quantitative estimate of drug-likeness (QED) is 0.110. The number of benzene rings is 4. The summed E-state index contributed by atoms with van der Waals surface area (Å²) in [7, 11) is 3.88. The average Bonchev–Trinajstić information content (AvgIpc) is 3.84. The lowest BCUT2D eigenvalue weighted by Gasteiger charge is -2.19. The van der Waals surface area contributed by atoms with Crippen LogP contribution in [-0.2, 0) is 30.4 Å². The van der Waals surface area contributed by atoms with E-state index in [1.807, 2.05) is 60.9 Å². The molecule has 2 aliphatic rings. The Morgan fingerprint density at radius 1 is 0.618 bits per heavy atom. The van der Waals surface area contributed by atoms with Crippen molar-refractivity contribution in [1.82, 2.24) is 9.97 Å². The van der Waals surface area contributed by atoms with Crippen molar-refractivity contribution >= 4 is 22.9 Å². The Bertz CT molecular complexity index is 2200. The van der Waals surface area contributed by atoms with Crippen molar-refractivity contribution in [2.45, 2.75) is 38.5 Å². The number of rotatable bonds is 13. The number of nitrogens with zero attached hydrogens (tertiary/aromatic N) is 4. The van der Waals surface area contributed by atoms with Gasteiger partial charge < -0.3 is 14.5 Å². The van der Waals surface area contributed by atoms with E-state index in [-0.39, 0.29) is 11.6 Å². The van der Waals surface area contributed by atoms with Gasteiger partial charge in [0.2, 0.25) is 0 Å². The number of likely N-dealkylation sites (N-methyl/N-ethyl adjacent to an activating group) is 1. The fourth-order valence-corrected chi connectivity index (χ4v) is 7.42. The molecule has 7 heteroatoms. The number of methoxy groups -OCH3 is 1. The van der Waals surface area contributed by atoms with E-state index in [9.17, 15) is 9.59 Å². The molecular formula is C48H48N4O3. The standard InChI is InChI=1S/C25H26N2O2.C23H22N2O/c1-29-16-15-27-14-12-23-17-22(9-10-24(23)27)20-5-7-21(8-6-20)25(28)11-4-19-3-2-13-26-18-19;1-25-14-12-21-15-20(9-10-22(21)25)18-5-7-19(8-6-18)23(26)11-4-17-3-2-13-24-16-17/h2-3,5-10,13,17-18H,4,11-12,14-16H2,1H3;2-3,5-10,13,15-16H,4,11-12,14H2,1H3. The molecule has 2 aliphatic heterocycles. The summed E-state index contributed by atoms with van der Waals surface area (Å²) in [4.78, 5) is 37.8. The molecule has 0 fully saturated rings. The highest BCUT2D eigenvalue weighted by Crippen LogP contribution is 2.33. The van der Waals surface area contributed by atoms with Crippen LogP contribution in [-0.4, -0.2) is 61.9 Å². The zero-order valence-corrected chi connectivity index (χ0v) is 31.8. The number of hydrogen-bond donors (Lipinski definition) is 0. The van der Waals surface area contributed by atoms with Crippen LogP contribution in [0.4, 0.5) is 11.4 Å². The average molecular weight is 729 g/mol.